The van der Waals surface area contributed by atoms with Crippen molar-refractivity contribution in [2.24, 2.45) is 0 Å². The summed E-state index contributed by atoms with van der Waals surface area (Å²) in [5.41, 5.74) is 1.17. The summed E-state index contributed by atoms with van der Waals surface area (Å²) >= 11 is 0. The van der Waals surface area contributed by atoms with Crippen LogP contribution in [0.1, 0.15) is 12.5 Å². The van der Waals surface area contributed by atoms with E-state index in [0.717, 1.165) is 17.2 Å². The SMILES string of the molecule is Cc1cccc(Oc2ccc(OCC(C)Oc3ccccn3)cc2)c1. The van der Waals surface area contributed by atoms with E-state index in [1.54, 1.807) is 6.20 Å². The fourth-order valence-electron chi connectivity index (χ4n) is 2.29. The zero-order chi connectivity index (χ0) is 17.5. The van der Waals surface area contributed by atoms with Gasteiger partial charge >= 0.3 is 0 Å². The smallest absolute Gasteiger partial charge is 0.213 e. The molecule has 25 heavy (non-hydrogen) atoms. The second-order valence-electron chi connectivity index (χ2n) is 5.80. The first-order chi connectivity index (χ1) is 12.2. The highest BCUT2D eigenvalue weighted by molar-refractivity contribution is 5.36. The molecule has 3 aromatic rings. The van der Waals surface area contributed by atoms with Gasteiger partial charge < -0.3 is 14.2 Å². The van der Waals surface area contributed by atoms with E-state index in [1.807, 2.05) is 80.6 Å². The van der Waals surface area contributed by atoms with E-state index < -0.39 is 0 Å². The van der Waals surface area contributed by atoms with Gasteiger partial charge in [-0.25, -0.2) is 4.98 Å². The molecular formula is C21H21NO3. The molecule has 1 heterocycles. The van der Waals surface area contributed by atoms with Gasteiger partial charge in [-0.05, 0) is 61.9 Å². The van der Waals surface area contributed by atoms with Gasteiger partial charge in [0, 0.05) is 12.3 Å². The van der Waals surface area contributed by atoms with Gasteiger partial charge in [-0.1, -0.05) is 18.2 Å². The van der Waals surface area contributed by atoms with Crippen LogP contribution >= 0.6 is 0 Å². The molecule has 0 saturated carbocycles. The monoisotopic (exact) mass is 335 g/mol. The minimum atomic E-state index is -0.0990. The van der Waals surface area contributed by atoms with Crippen molar-refractivity contribution in [1.82, 2.24) is 4.98 Å². The van der Waals surface area contributed by atoms with Crippen LogP contribution in [-0.2, 0) is 0 Å². The average molecular weight is 335 g/mol. The molecule has 4 nitrogen and oxygen atoms in total. The molecule has 128 valence electrons. The van der Waals surface area contributed by atoms with Crippen LogP contribution in [0.4, 0.5) is 0 Å². The summed E-state index contributed by atoms with van der Waals surface area (Å²) in [5.74, 6) is 2.97. The van der Waals surface area contributed by atoms with Crippen LogP contribution in [0.2, 0.25) is 0 Å². The Bertz CT molecular complexity index is 788. The highest BCUT2D eigenvalue weighted by atomic mass is 16.5. The van der Waals surface area contributed by atoms with Crippen molar-refractivity contribution in [3.05, 3.63) is 78.5 Å². The van der Waals surface area contributed by atoms with Crippen LogP contribution in [-0.4, -0.2) is 17.7 Å². The van der Waals surface area contributed by atoms with E-state index in [1.165, 1.54) is 5.56 Å². The minimum Gasteiger partial charge on any atom is -0.490 e. The van der Waals surface area contributed by atoms with Crippen molar-refractivity contribution in [2.45, 2.75) is 20.0 Å². The first kappa shape index (κ1) is 16.8. The van der Waals surface area contributed by atoms with Gasteiger partial charge in [-0.3, -0.25) is 0 Å². The van der Waals surface area contributed by atoms with E-state index in [0.29, 0.717) is 12.5 Å². The largest absolute Gasteiger partial charge is 0.490 e. The van der Waals surface area contributed by atoms with Gasteiger partial charge in [0.2, 0.25) is 5.88 Å². The van der Waals surface area contributed by atoms with Crippen molar-refractivity contribution >= 4 is 0 Å². The summed E-state index contributed by atoms with van der Waals surface area (Å²) < 4.78 is 17.3. The summed E-state index contributed by atoms with van der Waals surface area (Å²) in [5, 5.41) is 0. The maximum absolute atomic E-state index is 5.83. The molecule has 0 bridgehead atoms. The number of rotatable bonds is 7. The van der Waals surface area contributed by atoms with Gasteiger partial charge in [0.05, 0.1) is 0 Å². The lowest BCUT2D eigenvalue weighted by molar-refractivity contribution is 0.138. The zero-order valence-electron chi connectivity index (χ0n) is 14.4. The number of pyridine rings is 1. The third kappa shape index (κ3) is 5.24. The van der Waals surface area contributed by atoms with Gasteiger partial charge in [-0.15, -0.1) is 0 Å². The molecule has 1 aromatic heterocycles. The number of nitrogens with zero attached hydrogens (tertiary/aromatic N) is 1. The molecule has 0 amide bonds. The minimum absolute atomic E-state index is 0.0990. The maximum atomic E-state index is 5.83. The predicted molar refractivity (Wildman–Crippen MR) is 97.5 cm³/mol. The van der Waals surface area contributed by atoms with E-state index >= 15 is 0 Å². The number of hydrogen-bond donors (Lipinski definition) is 0. The second kappa shape index (κ2) is 8.20. The molecule has 4 heteroatoms. The van der Waals surface area contributed by atoms with Gasteiger partial charge in [-0.2, -0.15) is 0 Å². The van der Waals surface area contributed by atoms with E-state index in [-0.39, 0.29) is 6.10 Å². The van der Waals surface area contributed by atoms with E-state index in [4.69, 9.17) is 14.2 Å². The number of benzene rings is 2. The van der Waals surface area contributed by atoms with Crippen LogP contribution in [0.3, 0.4) is 0 Å². The number of aryl methyl sites for hydroxylation is 1. The molecule has 0 fully saturated rings. The third-order valence-electron chi connectivity index (χ3n) is 3.49. The Morgan fingerprint density at radius 3 is 2.40 bits per heavy atom. The second-order valence-corrected chi connectivity index (χ2v) is 5.80. The van der Waals surface area contributed by atoms with Crippen LogP contribution in [0.25, 0.3) is 0 Å². The molecule has 0 aliphatic rings. The number of aromatic nitrogens is 1. The Morgan fingerprint density at radius 1 is 0.880 bits per heavy atom. The van der Waals surface area contributed by atoms with Gasteiger partial charge in [0.1, 0.15) is 30.0 Å². The molecule has 0 aliphatic carbocycles. The van der Waals surface area contributed by atoms with Gasteiger partial charge in [0.15, 0.2) is 0 Å². The van der Waals surface area contributed by atoms with Crippen molar-refractivity contribution < 1.29 is 14.2 Å². The van der Waals surface area contributed by atoms with Crippen LogP contribution in [0, 0.1) is 6.92 Å². The van der Waals surface area contributed by atoms with Crippen LogP contribution in [0.5, 0.6) is 23.1 Å². The molecule has 1 unspecified atom stereocenters. The van der Waals surface area contributed by atoms with Crippen molar-refractivity contribution in [1.29, 1.82) is 0 Å². The van der Waals surface area contributed by atoms with Crippen molar-refractivity contribution in [3.8, 4) is 23.1 Å². The fourth-order valence-corrected chi connectivity index (χ4v) is 2.29. The molecule has 0 saturated heterocycles. The summed E-state index contributed by atoms with van der Waals surface area (Å²) in [4.78, 5) is 4.14. The Balaban J connectivity index is 1.50. The topological polar surface area (TPSA) is 40.6 Å². The third-order valence-corrected chi connectivity index (χ3v) is 3.49. The molecule has 1 atom stereocenters. The normalized spacial score (nSPS) is 11.6. The van der Waals surface area contributed by atoms with E-state index in [2.05, 4.69) is 4.98 Å². The molecule has 0 radical (unpaired) electrons. The Labute approximate surface area is 148 Å². The highest BCUT2D eigenvalue weighted by Gasteiger charge is 2.06. The van der Waals surface area contributed by atoms with Crippen molar-refractivity contribution in [2.75, 3.05) is 6.61 Å². The number of hydrogen-bond acceptors (Lipinski definition) is 4. The lowest BCUT2D eigenvalue weighted by atomic mass is 10.2. The van der Waals surface area contributed by atoms with Crippen LogP contribution < -0.4 is 14.2 Å². The molecule has 0 aliphatic heterocycles. The quantitative estimate of drug-likeness (QED) is 0.607. The van der Waals surface area contributed by atoms with E-state index in [9.17, 15) is 0 Å². The van der Waals surface area contributed by atoms with Crippen molar-refractivity contribution in [3.63, 3.8) is 0 Å². The van der Waals surface area contributed by atoms with Crippen LogP contribution in [0.15, 0.2) is 72.9 Å². The number of ether oxygens (including phenoxy) is 3. The summed E-state index contributed by atoms with van der Waals surface area (Å²) in [7, 11) is 0. The standard InChI is InChI=1S/C21H21NO3/c1-16-6-5-7-20(14-16)25-19-11-9-18(10-12-19)23-15-17(2)24-21-8-3-4-13-22-21/h3-14,17H,15H2,1-2H3. The molecule has 3 rings (SSSR count). The molecule has 0 N–H and O–H groups in total. The first-order valence-corrected chi connectivity index (χ1v) is 8.24. The first-order valence-electron chi connectivity index (χ1n) is 8.24. The lowest BCUT2D eigenvalue weighted by Gasteiger charge is -2.15. The Kier molecular flexibility index (Phi) is 5.52. The Hall–Kier alpha value is -3.01. The fraction of sp³-hybridized carbons (Fsp3) is 0.190. The summed E-state index contributed by atoms with van der Waals surface area (Å²) in [6.07, 6.45) is 1.61. The molecule has 0 spiro atoms. The predicted octanol–water partition coefficient (Wildman–Crippen LogP) is 5.03. The Morgan fingerprint density at radius 2 is 1.68 bits per heavy atom. The zero-order valence-corrected chi connectivity index (χ0v) is 14.4. The molecular weight excluding hydrogens is 314 g/mol. The average Bonchev–Trinajstić information content (AvgIpc) is 2.62. The summed E-state index contributed by atoms with van der Waals surface area (Å²) in [6.45, 7) is 4.43. The van der Waals surface area contributed by atoms with Gasteiger partial charge in [0.25, 0.3) is 0 Å². The molecule has 2 aromatic carbocycles. The lowest BCUT2D eigenvalue weighted by Crippen LogP contribution is -2.21. The summed E-state index contributed by atoms with van der Waals surface area (Å²) in [6, 6.07) is 21.1. The maximum Gasteiger partial charge on any atom is 0.213 e. The highest BCUT2D eigenvalue weighted by Crippen LogP contribution is 2.24.